The molecule has 2 aromatic rings. The van der Waals surface area contributed by atoms with Crippen molar-refractivity contribution in [3.63, 3.8) is 0 Å². The molecule has 0 aliphatic carbocycles. The standard InChI is InChI=1S/C18H20ClNO3/c1-9-8-14(19)6-7-15(9)23-13(5)18(22)17-10(2)16(12(4)21)11(3)20-17/h6-8,13,20H,1-5H3/t13-/m1/s1. The van der Waals surface area contributed by atoms with E-state index >= 15 is 0 Å². The molecule has 1 heterocycles. The van der Waals surface area contributed by atoms with Gasteiger partial charge in [-0.05, 0) is 63.9 Å². The van der Waals surface area contributed by atoms with E-state index in [0.29, 0.717) is 33.3 Å². The van der Waals surface area contributed by atoms with Gasteiger partial charge < -0.3 is 9.72 Å². The van der Waals surface area contributed by atoms with Gasteiger partial charge in [-0.25, -0.2) is 0 Å². The number of aromatic amines is 1. The summed E-state index contributed by atoms with van der Waals surface area (Å²) in [6.45, 7) is 8.62. The number of hydrogen-bond acceptors (Lipinski definition) is 3. The molecule has 0 aliphatic heterocycles. The van der Waals surface area contributed by atoms with Crippen molar-refractivity contribution < 1.29 is 14.3 Å². The van der Waals surface area contributed by atoms with E-state index in [1.807, 2.05) is 6.92 Å². The first-order chi connectivity index (χ1) is 10.7. The Morgan fingerprint density at radius 2 is 1.87 bits per heavy atom. The van der Waals surface area contributed by atoms with Crippen LogP contribution in [0.5, 0.6) is 5.75 Å². The van der Waals surface area contributed by atoms with Crippen molar-refractivity contribution in [2.24, 2.45) is 0 Å². The Bertz CT molecular complexity index is 777. The number of nitrogens with one attached hydrogen (secondary N) is 1. The molecule has 1 atom stereocenters. The van der Waals surface area contributed by atoms with Gasteiger partial charge in [0.05, 0.1) is 5.69 Å². The van der Waals surface area contributed by atoms with E-state index in [9.17, 15) is 9.59 Å². The maximum atomic E-state index is 12.6. The molecule has 122 valence electrons. The minimum absolute atomic E-state index is 0.0579. The van der Waals surface area contributed by atoms with Gasteiger partial charge in [0.25, 0.3) is 0 Å². The molecule has 1 aromatic carbocycles. The molecular formula is C18H20ClNO3. The lowest BCUT2D eigenvalue weighted by Gasteiger charge is -2.15. The van der Waals surface area contributed by atoms with Gasteiger partial charge >= 0.3 is 0 Å². The van der Waals surface area contributed by atoms with Crippen LogP contribution in [0.3, 0.4) is 0 Å². The minimum Gasteiger partial charge on any atom is -0.482 e. The summed E-state index contributed by atoms with van der Waals surface area (Å²) in [5.74, 6) is 0.368. The zero-order chi connectivity index (χ0) is 17.3. The Morgan fingerprint density at radius 3 is 2.39 bits per heavy atom. The predicted octanol–water partition coefficient (Wildman–Crippen LogP) is 4.45. The molecule has 0 unspecified atom stereocenters. The van der Waals surface area contributed by atoms with Crippen LogP contribution >= 0.6 is 11.6 Å². The smallest absolute Gasteiger partial charge is 0.219 e. The number of aromatic nitrogens is 1. The molecule has 4 nitrogen and oxygen atoms in total. The Kier molecular flexibility index (Phi) is 4.95. The molecule has 1 N–H and O–H groups in total. The van der Waals surface area contributed by atoms with E-state index in [4.69, 9.17) is 16.3 Å². The first-order valence-electron chi connectivity index (χ1n) is 7.39. The van der Waals surface area contributed by atoms with Crippen molar-refractivity contribution >= 4 is 23.2 Å². The summed E-state index contributed by atoms with van der Waals surface area (Å²) in [5.41, 5.74) is 3.23. The SMILES string of the molecule is CC(=O)c1c(C)[nH]c(C(=O)[C@@H](C)Oc2ccc(Cl)cc2C)c1C. The predicted molar refractivity (Wildman–Crippen MR) is 90.9 cm³/mol. The molecule has 0 saturated carbocycles. The molecule has 0 fully saturated rings. The van der Waals surface area contributed by atoms with E-state index in [1.54, 1.807) is 39.0 Å². The summed E-state index contributed by atoms with van der Waals surface area (Å²) in [6, 6.07) is 5.25. The number of halogens is 1. The second-order valence-electron chi connectivity index (χ2n) is 5.72. The molecule has 0 aliphatic rings. The second kappa shape index (κ2) is 6.59. The number of carbonyl (C=O) groups is 2. The fraction of sp³-hybridized carbons (Fsp3) is 0.333. The highest BCUT2D eigenvalue weighted by Gasteiger charge is 2.25. The van der Waals surface area contributed by atoms with Crippen LogP contribution < -0.4 is 4.74 Å². The van der Waals surface area contributed by atoms with Crippen LogP contribution in [-0.4, -0.2) is 22.7 Å². The molecule has 0 bridgehead atoms. The summed E-state index contributed by atoms with van der Waals surface area (Å²) in [4.78, 5) is 27.3. The van der Waals surface area contributed by atoms with Crippen LogP contribution in [0.25, 0.3) is 0 Å². The average molecular weight is 334 g/mol. The van der Waals surface area contributed by atoms with Gasteiger partial charge in [-0.2, -0.15) is 0 Å². The largest absolute Gasteiger partial charge is 0.482 e. The van der Waals surface area contributed by atoms with Crippen molar-refractivity contribution in [3.05, 3.63) is 51.3 Å². The number of H-pyrrole nitrogens is 1. The van der Waals surface area contributed by atoms with Gasteiger partial charge in [-0.3, -0.25) is 9.59 Å². The molecule has 0 radical (unpaired) electrons. The highest BCUT2D eigenvalue weighted by Crippen LogP contribution is 2.25. The molecular weight excluding hydrogens is 314 g/mol. The van der Waals surface area contributed by atoms with Gasteiger partial charge in [-0.1, -0.05) is 11.6 Å². The molecule has 2 rings (SSSR count). The summed E-state index contributed by atoms with van der Waals surface area (Å²) < 4.78 is 5.77. The van der Waals surface area contributed by atoms with Crippen LogP contribution in [0.4, 0.5) is 0 Å². The van der Waals surface area contributed by atoms with Gasteiger partial charge in [0.15, 0.2) is 11.9 Å². The van der Waals surface area contributed by atoms with E-state index in [1.165, 1.54) is 6.92 Å². The molecule has 0 spiro atoms. The minimum atomic E-state index is -0.675. The number of ether oxygens (including phenoxy) is 1. The summed E-state index contributed by atoms with van der Waals surface area (Å²) >= 11 is 5.92. The van der Waals surface area contributed by atoms with Crippen molar-refractivity contribution in [1.82, 2.24) is 4.98 Å². The molecule has 0 amide bonds. The van der Waals surface area contributed by atoms with Gasteiger partial charge in [0.2, 0.25) is 5.78 Å². The van der Waals surface area contributed by atoms with Crippen molar-refractivity contribution in [3.8, 4) is 5.75 Å². The monoisotopic (exact) mass is 333 g/mol. The number of carbonyl (C=O) groups excluding carboxylic acids is 2. The number of rotatable bonds is 5. The Balaban J connectivity index is 2.27. The number of benzene rings is 1. The van der Waals surface area contributed by atoms with Crippen molar-refractivity contribution in [2.45, 2.75) is 40.7 Å². The maximum absolute atomic E-state index is 12.6. The highest BCUT2D eigenvalue weighted by molar-refractivity contribution is 6.30. The fourth-order valence-corrected chi connectivity index (χ4v) is 2.94. The van der Waals surface area contributed by atoms with Gasteiger partial charge in [-0.15, -0.1) is 0 Å². The summed E-state index contributed by atoms with van der Waals surface area (Å²) in [6.07, 6.45) is -0.675. The number of hydrogen-bond donors (Lipinski definition) is 1. The summed E-state index contributed by atoms with van der Waals surface area (Å²) in [7, 11) is 0. The Hall–Kier alpha value is -2.07. The first-order valence-corrected chi connectivity index (χ1v) is 7.77. The lowest BCUT2D eigenvalue weighted by atomic mass is 10.0. The van der Waals surface area contributed by atoms with Crippen LogP contribution in [0.15, 0.2) is 18.2 Å². The van der Waals surface area contributed by atoms with Crippen LogP contribution in [0.2, 0.25) is 5.02 Å². The fourth-order valence-electron chi connectivity index (χ4n) is 2.72. The lowest BCUT2D eigenvalue weighted by Crippen LogP contribution is -2.25. The van der Waals surface area contributed by atoms with E-state index in [2.05, 4.69) is 4.98 Å². The van der Waals surface area contributed by atoms with E-state index in [0.717, 1.165) is 5.56 Å². The first kappa shape index (κ1) is 17.3. The molecule has 1 aromatic heterocycles. The number of Topliss-reactive ketones (excluding diaryl/α,β-unsaturated/α-hetero) is 2. The normalized spacial score (nSPS) is 12.1. The van der Waals surface area contributed by atoms with E-state index < -0.39 is 6.10 Å². The zero-order valence-electron chi connectivity index (χ0n) is 13.9. The van der Waals surface area contributed by atoms with Crippen LogP contribution in [-0.2, 0) is 0 Å². The lowest BCUT2D eigenvalue weighted by molar-refractivity contribution is 0.0811. The topological polar surface area (TPSA) is 59.2 Å². The van der Waals surface area contributed by atoms with Crippen molar-refractivity contribution in [1.29, 1.82) is 0 Å². The average Bonchev–Trinajstić information content (AvgIpc) is 2.76. The van der Waals surface area contributed by atoms with E-state index in [-0.39, 0.29) is 11.6 Å². The third-order valence-electron chi connectivity index (χ3n) is 3.85. The third-order valence-corrected chi connectivity index (χ3v) is 4.08. The Labute approximate surface area is 140 Å². The zero-order valence-corrected chi connectivity index (χ0v) is 14.7. The molecule has 23 heavy (non-hydrogen) atoms. The van der Waals surface area contributed by atoms with Crippen molar-refractivity contribution in [2.75, 3.05) is 0 Å². The Morgan fingerprint density at radius 1 is 1.22 bits per heavy atom. The second-order valence-corrected chi connectivity index (χ2v) is 6.15. The molecule has 5 heteroatoms. The quantitative estimate of drug-likeness (QED) is 0.822. The number of ketones is 2. The third kappa shape index (κ3) is 3.48. The summed E-state index contributed by atoms with van der Waals surface area (Å²) in [5, 5.41) is 0.621. The van der Waals surface area contributed by atoms with Crippen LogP contribution in [0.1, 0.15) is 51.5 Å². The van der Waals surface area contributed by atoms with Crippen LogP contribution in [0, 0.1) is 20.8 Å². The highest BCUT2D eigenvalue weighted by atomic mass is 35.5. The number of aryl methyl sites for hydroxylation is 2. The maximum Gasteiger partial charge on any atom is 0.219 e. The molecule has 0 saturated heterocycles. The van der Waals surface area contributed by atoms with Gasteiger partial charge in [0.1, 0.15) is 5.75 Å². The van der Waals surface area contributed by atoms with Gasteiger partial charge in [0, 0.05) is 16.3 Å².